The lowest BCUT2D eigenvalue weighted by atomic mass is 10.2. The zero-order chi connectivity index (χ0) is 15.6. The number of H-pyrrole nitrogens is 1. The average molecular weight is 320 g/mol. The molecule has 0 unspecified atom stereocenters. The lowest BCUT2D eigenvalue weighted by Crippen LogP contribution is -2.00. The van der Waals surface area contributed by atoms with Crippen LogP contribution in [0.25, 0.3) is 22.6 Å². The Morgan fingerprint density at radius 3 is 2.74 bits per heavy atom. The Bertz CT molecular complexity index is 940. The van der Waals surface area contributed by atoms with Crippen LogP contribution in [0.1, 0.15) is 5.56 Å². The van der Waals surface area contributed by atoms with E-state index in [1.54, 1.807) is 11.8 Å². The molecule has 0 saturated carbocycles. The minimum atomic E-state index is 0.761. The van der Waals surface area contributed by atoms with E-state index in [0.717, 1.165) is 29.1 Å². The van der Waals surface area contributed by atoms with E-state index >= 15 is 0 Å². The van der Waals surface area contributed by atoms with Gasteiger partial charge >= 0.3 is 0 Å². The van der Waals surface area contributed by atoms with Gasteiger partial charge in [-0.05, 0) is 30.0 Å². The predicted octanol–water partition coefficient (Wildman–Crippen LogP) is 4.20. The van der Waals surface area contributed by atoms with Gasteiger partial charge in [-0.25, -0.2) is 4.98 Å². The number of para-hydroxylation sites is 1. The van der Waals surface area contributed by atoms with Crippen molar-refractivity contribution >= 4 is 22.8 Å². The van der Waals surface area contributed by atoms with E-state index in [1.165, 1.54) is 10.5 Å². The number of nitrogens with zero attached hydrogens (tertiary/aromatic N) is 3. The van der Waals surface area contributed by atoms with Gasteiger partial charge in [0.05, 0.1) is 12.1 Å². The van der Waals surface area contributed by atoms with Gasteiger partial charge in [-0.2, -0.15) is 5.10 Å². The molecule has 0 spiro atoms. The van der Waals surface area contributed by atoms with Gasteiger partial charge in [0, 0.05) is 11.1 Å². The first-order valence-electron chi connectivity index (χ1n) is 7.44. The molecule has 0 aliphatic rings. The van der Waals surface area contributed by atoms with Crippen LogP contribution in [0.15, 0.2) is 65.7 Å². The monoisotopic (exact) mass is 320 g/mol. The Kier molecular flexibility index (Phi) is 3.63. The molecule has 0 radical (unpaired) electrons. The Labute approximate surface area is 138 Å². The number of benzene rings is 2. The van der Waals surface area contributed by atoms with Gasteiger partial charge in [0.15, 0.2) is 5.82 Å². The molecular weight excluding hydrogens is 304 g/mol. The second-order valence-corrected chi connectivity index (χ2v) is 6.17. The Morgan fingerprint density at radius 2 is 1.91 bits per heavy atom. The highest BCUT2D eigenvalue weighted by molar-refractivity contribution is 7.98. The van der Waals surface area contributed by atoms with Crippen LogP contribution in [-0.4, -0.2) is 26.0 Å². The van der Waals surface area contributed by atoms with Crippen molar-refractivity contribution in [1.82, 2.24) is 19.7 Å². The fourth-order valence-corrected chi connectivity index (χ4v) is 3.20. The van der Waals surface area contributed by atoms with Crippen LogP contribution < -0.4 is 0 Å². The smallest absolute Gasteiger partial charge is 0.159 e. The highest BCUT2D eigenvalue weighted by atomic mass is 32.2. The van der Waals surface area contributed by atoms with Crippen LogP contribution in [0.4, 0.5) is 0 Å². The van der Waals surface area contributed by atoms with E-state index in [-0.39, 0.29) is 0 Å². The Hall–Kier alpha value is -2.53. The predicted molar refractivity (Wildman–Crippen MR) is 94.6 cm³/mol. The number of aromatic amines is 1. The summed E-state index contributed by atoms with van der Waals surface area (Å²) in [5.74, 6) is 0.813. The summed E-state index contributed by atoms with van der Waals surface area (Å²) in [5.41, 5.74) is 4.15. The fraction of sp³-hybridized carbons (Fsp3) is 0.111. The van der Waals surface area contributed by atoms with E-state index in [4.69, 9.17) is 4.98 Å². The molecule has 0 aliphatic heterocycles. The van der Waals surface area contributed by atoms with Crippen molar-refractivity contribution in [2.75, 3.05) is 6.26 Å². The summed E-state index contributed by atoms with van der Waals surface area (Å²) in [6.45, 7) is 0.761. The average Bonchev–Trinajstić information content (AvgIpc) is 3.21. The molecule has 114 valence electrons. The van der Waals surface area contributed by atoms with Crippen molar-refractivity contribution in [2.45, 2.75) is 11.4 Å². The highest BCUT2D eigenvalue weighted by Crippen LogP contribution is 2.27. The third kappa shape index (κ3) is 2.75. The quantitative estimate of drug-likeness (QED) is 0.573. The number of fused-ring (bicyclic) bond motifs is 1. The van der Waals surface area contributed by atoms with Crippen LogP contribution in [0.3, 0.4) is 0 Å². The number of aromatic nitrogens is 4. The minimum absolute atomic E-state index is 0.761. The molecule has 1 N–H and O–H groups in total. The standard InChI is InChI=1S/C18H16N4S/c1-23-16-9-5-8-14-17(16)20-18(19-14)15-10-11-22(21-15)12-13-6-3-2-4-7-13/h2-11H,12H2,1H3,(H,19,20). The molecule has 0 fully saturated rings. The van der Waals surface area contributed by atoms with Gasteiger partial charge in [0.1, 0.15) is 11.2 Å². The molecule has 0 amide bonds. The van der Waals surface area contributed by atoms with E-state index < -0.39 is 0 Å². The van der Waals surface area contributed by atoms with Crippen LogP contribution in [0.2, 0.25) is 0 Å². The van der Waals surface area contributed by atoms with Gasteiger partial charge in [-0.3, -0.25) is 4.68 Å². The summed E-state index contributed by atoms with van der Waals surface area (Å²) < 4.78 is 1.94. The lowest BCUT2D eigenvalue weighted by molar-refractivity contribution is 0.688. The zero-order valence-electron chi connectivity index (χ0n) is 12.7. The third-order valence-electron chi connectivity index (χ3n) is 3.77. The van der Waals surface area contributed by atoms with E-state index in [0.29, 0.717) is 0 Å². The van der Waals surface area contributed by atoms with Crippen molar-refractivity contribution in [1.29, 1.82) is 0 Å². The minimum Gasteiger partial charge on any atom is -0.337 e. The van der Waals surface area contributed by atoms with Crippen LogP contribution in [0, 0.1) is 0 Å². The Morgan fingerprint density at radius 1 is 1.04 bits per heavy atom. The fourth-order valence-electron chi connectivity index (χ4n) is 2.64. The summed E-state index contributed by atoms with van der Waals surface area (Å²) in [5, 5.41) is 4.64. The van der Waals surface area contributed by atoms with E-state index in [2.05, 4.69) is 34.5 Å². The number of hydrogen-bond acceptors (Lipinski definition) is 3. The molecule has 0 aliphatic carbocycles. The van der Waals surface area contributed by atoms with Crippen molar-refractivity contribution in [3.05, 3.63) is 66.4 Å². The molecular formula is C18H16N4S. The van der Waals surface area contributed by atoms with Gasteiger partial charge in [-0.1, -0.05) is 36.4 Å². The molecule has 0 bridgehead atoms. The van der Waals surface area contributed by atoms with Crippen molar-refractivity contribution in [2.24, 2.45) is 0 Å². The van der Waals surface area contributed by atoms with Gasteiger partial charge in [0.2, 0.25) is 0 Å². The summed E-state index contributed by atoms with van der Waals surface area (Å²) in [6, 6.07) is 18.5. The molecule has 23 heavy (non-hydrogen) atoms. The number of rotatable bonds is 4. The summed E-state index contributed by atoms with van der Waals surface area (Å²) in [6.07, 6.45) is 4.06. The first-order valence-corrected chi connectivity index (χ1v) is 8.66. The maximum absolute atomic E-state index is 4.72. The summed E-state index contributed by atoms with van der Waals surface area (Å²) in [4.78, 5) is 9.26. The maximum atomic E-state index is 4.72. The van der Waals surface area contributed by atoms with E-state index in [9.17, 15) is 0 Å². The molecule has 2 aromatic heterocycles. The van der Waals surface area contributed by atoms with E-state index in [1.807, 2.05) is 47.3 Å². The second kappa shape index (κ2) is 5.93. The molecule has 2 heterocycles. The number of thioether (sulfide) groups is 1. The Balaban J connectivity index is 1.66. The van der Waals surface area contributed by atoms with Crippen molar-refractivity contribution in [3.63, 3.8) is 0 Å². The first-order chi connectivity index (χ1) is 11.3. The molecule has 0 atom stereocenters. The van der Waals surface area contributed by atoms with Gasteiger partial charge in [0.25, 0.3) is 0 Å². The molecule has 2 aromatic carbocycles. The second-order valence-electron chi connectivity index (χ2n) is 5.33. The molecule has 4 nitrogen and oxygen atoms in total. The lowest BCUT2D eigenvalue weighted by Gasteiger charge is -2.00. The number of imidazole rings is 1. The number of hydrogen-bond donors (Lipinski definition) is 1. The first kappa shape index (κ1) is 14.1. The normalized spacial score (nSPS) is 11.2. The summed E-state index contributed by atoms with van der Waals surface area (Å²) >= 11 is 1.71. The molecule has 0 saturated heterocycles. The van der Waals surface area contributed by atoms with Crippen LogP contribution >= 0.6 is 11.8 Å². The maximum Gasteiger partial charge on any atom is 0.159 e. The zero-order valence-corrected chi connectivity index (χ0v) is 13.5. The summed E-state index contributed by atoms with van der Waals surface area (Å²) in [7, 11) is 0. The third-order valence-corrected chi connectivity index (χ3v) is 4.54. The molecule has 4 aromatic rings. The number of nitrogens with one attached hydrogen (secondary N) is 1. The molecule has 5 heteroatoms. The van der Waals surface area contributed by atoms with Crippen LogP contribution in [-0.2, 0) is 6.54 Å². The topological polar surface area (TPSA) is 46.5 Å². The van der Waals surface area contributed by atoms with Crippen molar-refractivity contribution < 1.29 is 0 Å². The highest BCUT2D eigenvalue weighted by Gasteiger charge is 2.10. The van der Waals surface area contributed by atoms with Crippen LogP contribution in [0.5, 0.6) is 0 Å². The van der Waals surface area contributed by atoms with Crippen molar-refractivity contribution in [3.8, 4) is 11.5 Å². The molecule has 4 rings (SSSR count). The van der Waals surface area contributed by atoms with Gasteiger partial charge < -0.3 is 4.98 Å². The van der Waals surface area contributed by atoms with Gasteiger partial charge in [-0.15, -0.1) is 11.8 Å². The largest absolute Gasteiger partial charge is 0.337 e. The SMILES string of the molecule is CSc1cccc2[nH]c(-c3ccn(Cc4ccccc4)n3)nc12.